The van der Waals surface area contributed by atoms with Crippen LogP contribution in [0.5, 0.6) is 0 Å². The molecule has 3 rings (SSSR count). The fraction of sp³-hybridized carbons (Fsp3) is 0.690. The second-order valence-electron chi connectivity index (χ2n) is 28.1. The number of hydrogen-bond donors (Lipinski definition) is 12. The molecule has 3 aliphatic rings. The van der Waals surface area contributed by atoms with Gasteiger partial charge in [-0.2, -0.15) is 0 Å². The third kappa shape index (κ3) is 44.3. The zero-order valence-corrected chi connectivity index (χ0v) is 64.6. The number of unbranched alkanes of at least 4 members (excludes halogenated alkanes) is 22. The zero-order valence-electron chi connectivity index (χ0n) is 64.6. The van der Waals surface area contributed by atoms with E-state index in [1.165, 1.54) is 109 Å². The summed E-state index contributed by atoms with van der Waals surface area (Å²) in [6.07, 6.45) is 69.4. The van der Waals surface area contributed by atoms with Crippen molar-refractivity contribution in [3.63, 3.8) is 0 Å². The van der Waals surface area contributed by atoms with Crippen molar-refractivity contribution in [1.29, 1.82) is 0 Å². The lowest BCUT2D eigenvalue weighted by atomic mass is 9.96. The molecule has 106 heavy (non-hydrogen) atoms. The third-order valence-electron chi connectivity index (χ3n) is 19.1. The maximum absolute atomic E-state index is 13.5. The Morgan fingerprint density at radius 2 is 0.651 bits per heavy atom. The molecule has 0 aromatic heterocycles. The number of rotatable bonds is 62. The van der Waals surface area contributed by atoms with Crippen LogP contribution in [0.2, 0.25) is 0 Å². The monoisotopic (exact) mass is 1490 g/mol. The summed E-state index contributed by atoms with van der Waals surface area (Å²) in [5, 5.41) is 121. The molecule has 17 atom stereocenters. The van der Waals surface area contributed by atoms with Crippen LogP contribution in [0, 0.1) is 0 Å². The van der Waals surface area contributed by atoms with Crippen LogP contribution in [-0.2, 0) is 33.2 Å². The van der Waals surface area contributed by atoms with Gasteiger partial charge in [-0.15, -0.1) is 0 Å². The van der Waals surface area contributed by atoms with Gasteiger partial charge in [-0.25, -0.2) is 0 Å². The molecule has 17 unspecified atom stereocenters. The SMILES string of the molecule is CC/C=C\C/C=C\C/C=C\C/C=C\C/C=C\C/C=C\C/C=C\C/C=C\C/C=C\C/C=C\C/C=C\C/C=C\CCCCC(=O)NC(COC1OC(CO)C(OC2OC(CO)C(OC3OC(CO)C(O)C(O)C3O)C(O)C2O)C(O)C1O)C(O)/C=C/CCCCCCCCCCCCCCCCCCCCCC. The molecule has 19 nitrogen and oxygen atoms in total. The van der Waals surface area contributed by atoms with Crippen LogP contribution in [-0.4, -0.2) is 193 Å². The topological polar surface area (TPSA) is 307 Å². The minimum atomic E-state index is -1.99. The zero-order chi connectivity index (χ0) is 76.7. The predicted octanol–water partition coefficient (Wildman–Crippen LogP) is 14.0. The molecular formula is C87H143NO18. The van der Waals surface area contributed by atoms with Crippen LogP contribution in [0.4, 0.5) is 0 Å². The molecule has 0 radical (unpaired) electrons. The highest BCUT2D eigenvalue weighted by molar-refractivity contribution is 5.76. The van der Waals surface area contributed by atoms with E-state index in [1.807, 2.05) is 6.08 Å². The Morgan fingerprint density at radius 3 is 1.02 bits per heavy atom. The van der Waals surface area contributed by atoms with Crippen molar-refractivity contribution in [3.8, 4) is 0 Å². The van der Waals surface area contributed by atoms with Gasteiger partial charge in [0.25, 0.3) is 0 Å². The van der Waals surface area contributed by atoms with Gasteiger partial charge in [-0.3, -0.25) is 4.79 Å². The molecule has 3 heterocycles. The summed E-state index contributed by atoms with van der Waals surface area (Å²) < 4.78 is 34.4. The Kier molecular flexibility index (Phi) is 58.8. The van der Waals surface area contributed by atoms with Crippen molar-refractivity contribution >= 4 is 5.91 Å². The first-order chi connectivity index (χ1) is 51.8. The van der Waals surface area contributed by atoms with Crippen LogP contribution < -0.4 is 5.32 Å². The van der Waals surface area contributed by atoms with E-state index in [0.29, 0.717) is 6.42 Å². The number of aliphatic hydroxyl groups is 11. The van der Waals surface area contributed by atoms with E-state index in [2.05, 4.69) is 165 Å². The van der Waals surface area contributed by atoms with Crippen molar-refractivity contribution in [2.24, 2.45) is 0 Å². The molecule has 604 valence electrons. The minimum Gasteiger partial charge on any atom is -0.394 e. The number of carbonyl (C=O) groups is 1. The van der Waals surface area contributed by atoms with E-state index in [4.69, 9.17) is 28.4 Å². The first-order valence-corrected chi connectivity index (χ1v) is 40.7. The number of aliphatic hydroxyl groups excluding tert-OH is 11. The summed E-state index contributed by atoms with van der Waals surface area (Å²) >= 11 is 0. The first-order valence-electron chi connectivity index (χ1n) is 40.7. The molecule has 0 bridgehead atoms. The van der Waals surface area contributed by atoms with Crippen LogP contribution in [0.1, 0.15) is 251 Å². The summed E-state index contributed by atoms with van der Waals surface area (Å²) in [5.41, 5.74) is 0. The summed E-state index contributed by atoms with van der Waals surface area (Å²) in [7, 11) is 0. The quantitative estimate of drug-likeness (QED) is 0.0199. The summed E-state index contributed by atoms with van der Waals surface area (Å²) in [6.45, 7) is 1.59. The summed E-state index contributed by atoms with van der Waals surface area (Å²) in [6, 6.07) is -1.01. The van der Waals surface area contributed by atoms with E-state index >= 15 is 0 Å². The van der Waals surface area contributed by atoms with Gasteiger partial charge in [0.2, 0.25) is 5.91 Å². The highest BCUT2D eigenvalue weighted by atomic mass is 16.8. The third-order valence-corrected chi connectivity index (χ3v) is 19.1. The molecular weight excluding hydrogens is 1350 g/mol. The van der Waals surface area contributed by atoms with Crippen LogP contribution in [0.25, 0.3) is 0 Å². The Labute approximate surface area is 637 Å². The lowest BCUT2D eigenvalue weighted by Crippen LogP contribution is -2.66. The maximum atomic E-state index is 13.5. The molecule has 0 saturated carbocycles. The van der Waals surface area contributed by atoms with E-state index in [-0.39, 0.29) is 18.9 Å². The lowest BCUT2D eigenvalue weighted by Gasteiger charge is -2.48. The van der Waals surface area contributed by atoms with Crippen molar-refractivity contribution in [3.05, 3.63) is 158 Å². The van der Waals surface area contributed by atoms with Crippen LogP contribution in [0.3, 0.4) is 0 Å². The van der Waals surface area contributed by atoms with Gasteiger partial charge in [0.15, 0.2) is 18.9 Å². The van der Waals surface area contributed by atoms with Gasteiger partial charge in [0, 0.05) is 6.42 Å². The molecule has 12 N–H and O–H groups in total. The molecule has 1 amide bonds. The average Bonchev–Trinajstić information content (AvgIpc) is 0.780. The molecule has 19 heteroatoms. The highest BCUT2D eigenvalue weighted by Gasteiger charge is 2.54. The first kappa shape index (κ1) is 95.6. The Hall–Kier alpha value is -4.59. The number of ether oxygens (including phenoxy) is 6. The van der Waals surface area contributed by atoms with E-state index in [1.54, 1.807) is 6.08 Å². The standard InChI is InChI=1S/C87H143NO18/c1-3-5-7-9-11-13-15-17-19-21-23-25-27-28-29-30-31-32-33-34-35-36-37-38-39-40-41-42-43-45-47-49-51-53-55-57-59-61-63-65-75(93)88-70(71(92)64-62-60-58-56-54-52-50-48-46-44-26-24-22-20-18-16-14-12-10-8-6-4-2)69-101-85-81(99)78(96)83(73(67-90)103-85)106-87-82(100)79(97)84(74(68-91)104-87)105-86-80(98)77(95)76(94)72(66-89)102-86/h5,7,11,13,17,19,23,25,28-29,31-32,34-35,37-38,40-41,43,45,49,51,55,57,62,64,70-74,76-87,89-92,94-100H,3-4,6,8-10,12,14-16,18,20-22,24,26-27,30,33,36,39,42,44,46-48,50,52-54,56,58-61,63,65-69H2,1-2H3,(H,88,93)/b7-5-,13-11-,19-17-,25-23-,29-28-,32-31-,35-34-,38-37-,41-40-,45-43-,51-49-,57-55-,64-62+. The lowest BCUT2D eigenvalue weighted by molar-refractivity contribution is -0.379. The number of amides is 1. The Balaban J connectivity index is 1.39. The minimum absolute atomic E-state index is 0.178. The molecule has 3 saturated heterocycles. The van der Waals surface area contributed by atoms with Gasteiger partial charge in [-0.1, -0.05) is 294 Å². The fourth-order valence-corrected chi connectivity index (χ4v) is 12.6. The molecule has 0 aromatic rings. The van der Waals surface area contributed by atoms with Gasteiger partial charge < -0.3 is 89.9 Å². The smallest absolute Gasteiger partial charge is 0.220 e. The van der Waals surface area contributed by atoms with Crippen molar-refractivity contribution < 1.29 is 89.4 Å². The normalized spacial score (nSPS) is 26.5. The molecule has 0 aromatic carbocycles. The van der Waals surface area contributed by atoms with Gasteiger partial charge >= 0.3 is 0 Å². The average molecular weight is 1490 g/mol. The van der Waals surface area contributed by atoms with Crippen molar-refractivity contribution in [1.82, 2.24) is 5.32 Å². The van der Waals surface area contributed by atoms with Gasteiger partial charge in [0.1, 0.15) is 73.2 Å². The summed E-state index contributed by atoms with van der Waals surface area (Å²) in [5.74, 6) is -0.322. The van der Waals surface area contributed by atoms with Gasteiger partial charge in [-0.05, 0) is 109 Å². The van der Waals surface area contributed by atoms with Gasteiger partial charge in [0.05, 0.1) is 38.6 Å². The van der Waals surface area contributed by atoms with Crippen molar-refractivity contribution in [2.75, 3.05) is 26.4 Å². The summed E-state index contributed by atoms with van der Waals surface area (Å²) in [4.78, 5) is 13.5. The van der Waals surface area contributed by atoms with E-state index in [9.17, 15) is 61.0 Å². The molecule has 0 spiro atoms. The molecule has 0 aliphatic carbocycles. The fourth-order valence-electron chi connectivity index (χ4n) is 12.6. The van der Waals surface area contributed by atoms with E-state index in [0.717, 1.165) is 116 Å². The number of nitrogens with one attached hydrogen (secondary N) is 1. The largest absolute Gasteiger partial charge is 0.394 e. The van der Waals surface area contributed by atoms with Crippen LogP contribution >= 0.6 is 0 Å². The van der Waals surface area contributed by atoms with Crippen molar-refractivity contribution in [2.45, 2.75) is 356 Å². The number of hydrogen-bond acceptors (Lipinski definition) is 18. The number of allylic oxidation sites excluding steroid dienone is 25. The maximum Gasteiger partial charge on any atom is 0.220 e. The Morgan fingerprint density at radius 1 is 0.349 bits per heavy atom. The molecule has 3 fully saturated rings. The molecule has 3 aliphatic heterocycles. The number of carbonyl (C=O) groups excluding carboxylic acids is 1. The van der Waals surface area contributed by atoms with E-state index < -0.39 is 124 Å². The van der Waals surface area contributed by atoms with Crippen LogP contribution in [0.15, 0.2) is 158 Å². The highest BCUT2D eigenvalue weighted by Crippen LogP contribution is 2.33. The second kappa shape index (κ2) is 65.2. The second-order valence-corrected chi connectivity index (χ2v) is 28.1. The Bertz CT molecular complexity index is 2530. The predicted molar refractivity (Wildman–Crippen MR) is 424 cm³/mol.